The Morgan fingerprint density at radius 3 is 2.83 bits per heavy atom. The van der Waals surface area contributed by atoms with Crippen LogP contribution in [0.25, 0.3) is 11.5 Å². The van der Waals surface area contributed by atoms with Gasteiger partial charge >= 0.3 is 0 Å². The highest BCUT2D eigenvalue weighted by atomic mass is 16.4. The van der Waals surface area contributed by atoms with Gasteiger partial charge in [0.25, 0.3) is 0 Å². The lowest BCUT2D eigenvalue weighted by Crippen LogP contribution is -2.23. The minimum atomic E-state index is -0.00211. The van der Waals surface area contributed by atoms with E-state index in [2.05, 4.69) is 20.6 Å². The number of hydrogen-bond acceptors (Lipinski definition) is 5. The van der Waals surface area contributed by atoms with Gasteiger partial charge in [-0.15, -0.1) is 10.2 Å². The lowest BCUT2D eigenvalue weighted by molar-refractivity contribution is 0.411. The molecule has 0 amide bonds. The average molecular weight is 311 g/mol. The van der Waals surface area contributed by atoms with Gasteiger partial charge in [-0.2, -0.15) is 5.10 Å². The Morgan fingerprint density at radius 2 is 2.09 bits per heavy atom. The largest absolute Gasteiger partial charge is 0.419 e. The molecule has 0 radical (unpaired) electrons. The molecule has 3 rings (SSSR count). The van der Waals surface area contributed by atoms with E-state index in [4.69, 9.17) is 4.42 Å². The maximum absolute atomic E-state index is 5.79. The number of nitrogens with one attached hydrogen (secondary N) is 1. The molecule has 0 aliphatic carbocycles. The van der Waals surface area contributed by atoms with Crippen molar-refractivity contribution in [3.63, 3.8) is 0 Å². The molecule has 23 heavy (non-hydrogen) atoms. The zero-order valence-corrected chi connectivity index (χ0v) is 13.7. The van der Waals surface area contributed by atoms with Gasteiger partial charge in [-0.25, -0.2) is 0 Å². The second-order valence-electron chi connectivity index (χ2n) is 5.77. The van der Waals surface area contributed by atoms with Crippen molar-refractivity contribution in [2.45, 2.75) is 33.4 Å². The first-order valence-corrected chi connectivity index (χ1v) is 7.75. The van der Waals surface area contributed by atoms with E-state index in [1.807, 2.05) is 62.1 Å². The molecule has 6 heteroatoms. The van der Waals surface area contributed by atoms with Crippen LogP contribution in [-0.4, -0.2) is 26.5 Å². The number of rotatable bonds is 6. The monoisotopic (exact) mass is 311 g/mol. The molecule has 2 aromatic heterocycles. The number of aryl methyl sites for hydroxylation is 2. The van der Waals surface area contributed by atoms with Gasteiger partial charge in [-0.1, -0.05) is 17.7 Å². The third-order valence-electron chi connectivity index (χ3n) is 3.63. The summed E-state index contributed by atoms with van der Waals surface area (Å²) in [6.45, 7) is 7.68. The first kappa shape index (κ1) is 15.4. The molecule has 0 saturated heterocycles. The van der Waals surface area contributed by atoms with Crippen LogP contribution in [-0.2, 0) is 6.54 Å². The van der Waals surface area contributed by atoms with Gasteiger partial charge in [0, 0.05) is 18.3 Å². The van der Waals surface area contributed by atoms with Crippen molar-refractivity contribution in [3.05, 3.63) is 53.7 Å². The third kappa shape index (κ3) is 3.84. The van der Waals surface area contributed by atoms with E-state index in [0.717, 1.165) is 24.2 Å². The average Bonchev–Trinajstić information content (AvgIpc) is 3.16. The molecule has 0 fully saturated rings. The summed E-state index contributed by atoms with van der Waals surface area (Å²) < 4.78 is 7.70. The molecule has 3 aromatic rings. The molecule has 0 aliphatic rings. The van der Waals surface area contributed by atoms with Crippen molar-refractivity contribution in [3.8, 4) is 11.5 Å². The Balaban J connectivity index is 1.58. The quantitative estimate of drug-likeness (QED) is 0.758. The van der Waals surface area contributed by atoms with Gasteiger partial charge in [0.1, 0.15) is 0 Å². The zero-order valence-electron chi connectivity index (χ0n) is 13.7. The molecular formula is C17H21N5O. The van der Waals surface area contributed by atoms with E-state index in [1.165, 1.54) is 5.56 Å². The van der Waals surface area contributed by atoms with Crippen molar-refractivity contribution < 1.29 is 4.42 Å². The Labute approximate surface area is 135 Å². The minimum absolute atomic E-state index is 0.00211. The normalized spacial score (nSPS) is 12.5. The summed E-state index contributed by atoms with van der Waals surface area (Å²) in [5.41, 5.74) is 3.28. The third-order valence-corrected chi connectivity index (χ3v) is 3.63. The summed E-state index contributed by atoms with van der Waals surface area (Å²) in [5, 5.41) is 15.9. The summed E-state index contributed by atoms with van der Waals surface area (Å²) in [4.78, 5) is 0. The molecule has 6 nitrogen and oxygen atoms in total. The Morgan fingerprint density at radius 1 is 1.22 bits per heavy atom. The summed E-state index contributed by atoms with van der Waals surface area (Å²) in [5.74, 6) is 1.15. The highest BCUT2D eigenvalue weighted by Crippen LogP contribution is 2.21. The SMILES string of the molecule is Cc1cccc(-c2nnc([C@H](C)NCCn3cc(C)cn3)o2)c1. The number of nitrogens with zero attached hydrogens (tertiary/aromatic N) is 4. The maximum atomic E-state index is 5.79. The van der Waals surface area contributed by atoms with Gasteiger partial charge in [0.15, 0.2) is 0 Å². The molecular weight excluding hydrogens is 290 g/mol. The van der Waals surface area contributed by atoms with Crippen molar-refractivity contribution >= 4 is 0 Å². The highest BCUT2D eigenvalue weighted by Gasteiger charge is 2.14. The summed E-state index contributed by atoms with van der Waals surface area (Å²) in [7, 11) is 0. The van der Waals surface area contributed by atoms with Crippen molar-refractivity contribution in [2.24, 2.45) is 0 Å². The van der Waals surface area contributed by atoms with Gasteiger partial charge in [-0.3, -0.25) is 4.68 Å². The smallest absolute Gasteiger partial charge is 0.247 e. The van der Waals surface area contributed by atoms with E-state index < -0.39 is 0 Å². The molecule has 0 aliphatic heterocycles. The summed E-state index contributed by atoms with van der Waals surface area (Å²) in [6.07, 6.45) is 3.88. The second kappa shape index (κ2) is 6.75. The zero-order chi connectivity index (χ0) is 16.2. The lowest BCUT2D eigenvalue weighted by atomic mass is 10.1. The second-order valence-corrected chi connectivity index (χ2v) is 5.77. The minimum Gasteiger partial charge on any atom is -0.419 e. The van der Waals surface area contributed by atoms with E-state index >= 15 is 0 Å². The van der Waals surface area contributed by atoms with E-state index in [-0.39, 0.29) is 6.04 Å². The topological polar surface area (TPSA) is 68.8 Å². The van der Waals surface area contributed by atoms with Gasteiger partial charge in [0.05, 0.1) is 18.8 Å². The van der Waals surface area contributed by atoms with Crippen molar-refractivity contribution in [1.29, 1.82) is 0 Å². The van der Waals surface area contributed by atoms with E-state index in [0.29, 0.717) is 11.8 Å². The van der Waals surface area contributed by atoms with Crippen LogP contribution in [0.5, 0.6) is 0 Å². The van der Waals surface area contributed by atoms with Crippen LogP contribution in [0.4, 0.5) is 0 Å². The van der Waals surface area contributed by atoms with Crippen LogP contribution < -0.4 is 5.32 Å². The standard InChI is InChI=1S/C17H21N5O/c1-12-5-4-6-15(9-12)17-21-20-16(23-17)14(3)18-7-8-22-11-13(2)10-19-22/h4-6,9-11,14,18H,7-8H2,1-3H3/t14-/m0/s1. The van der Waals surface area contributed by atoms with Crippen molar-refractivity contribution in [2.75, 3.05) is 6.54 Å². The molecule has 1 atom stereocenters. The number of aromatic nitrogens is 4. The van der Waals surface area contributed by atoms with Crippen LogP contribution in [0.15, 0.2) is 41.1 Å². The first-order chi connectivity index (χ1) is 11.1. The molecule has 0 bridgehead atoms. The number of benzene rings is 1. The van der Waals surface area contributed by atoms with Crippen LogP contribution in [0, 0.1) is 13.8 Å². The first-order valence-electron chi connectivity index (χ1n) is 7.75. The highest BCUT2D eigenvalue weighted by molar-refractivity contribution is 5.53. The maximum Gasteiger partial charge on any atom is 0.247 e. The molecule has 2 heterocycles. The van der Waals surface area contributed by atoms with Crippen LogP contribution in [0.3, 0.4) is 0 Å². The predicted molar refractivity (Wildman–Crippen MR) is 87.9 cm³/mol. The summed E-state index contributed by atoms with van der Waals surface area (Å²) >= 11 is 0. The Bertz CT molecular complexity index is 777. The fourth-order valence-electron chi connectivity index (χ4n) is 2.38. The predicted octanol–water partition coefficient (Wildman–Crippen LogP) is 2.90. The molecule has 1 N–H and O–H groups in total. The molecule has 120 valence electrons. The van der Waals surface area contributed by atoms with E-state index in [1.54, 1.807) is 0 Å². The van der Waals surface area contributed by atoms with Gasteiger partial charge in [-0.05, 0) is 38.5 Å². The summed E-state index contributed by atoms with van der Waals surface area (Å²) in [6, 6.07) is 8.04. The Hall–Kier alpha value is -2.47. The van der Waals surface area contributed by atoms with Crippen LogP contribution in [0.1, 0.15) is 30.0 Å². The molecule has 0 spiro atoms. The number of hydrogen-bond donors (Lipinski definition) is 1. The van der Waals surface area contributed by atoms with E-state index in [9.17, 15) is 0 Å². The van der Waals surface area contributed by atoms with Crippen LogP contribution >= 0.6 is 0 Å². The fourth-order valence-corrected chi connectivity index (χ4v) is 2.38. The molecule has 1 aromatic carbocycles. The lowest BCUT2D eigenvalue weighted by Gasteiger charge is -2.09. The Kier molecular flexibility index (Phi) is 4.52. The van der Waals surface area contributed by atoms with Gasteiger partial charge < -0.3 is 9.73 Å². The fraction of sp³-hybridized carbons (Fsp3) is 0.353. The van der Waals surface area contributed by atoms with Crippen molar-refractivity contribution in [1.82, 2.24) is 25.3 Å². The van der Waals surface area contributed by atoms with Gasteiger partial charge in [0.2, 0.25) is 11.8 Å². The van der Waals surface area contributed by atoms with Crippen LogP contribution in [0.2, 0.25) is 0 Å². The molecule has 0 unspecified atom stereocenters. The molecule has 0 saturated carbocycles.